The van der Waals surface area contributed by atoms with Gasteiger partial charge in [-0.25, -0.2) is 0 Å². The van der Waals surface area contributed by atoms with Crippen molar-refractivity contribution in [3.05, 3.63) is 34.9 Å². The molecule has 0 radical (unpaired) electrons. The molecule has 1 rings (SSSR count). The number of alkyl halides is 1. The standard InChI is InChI=1S/C15H22BrCl/c1-2-3-4-5-6-9-14(16)11-13-8-7-10-15(17)12-13/h7-8,10,12,14H,2-6,9,11H2,1H3. The highest BCUT2D eigenvalue weighted by Crippen LogP contribution is 2.19. The van der Waals surface area contributed by atoms with Gasteiger partial charge in [-0.2, -0.15) is 0 Å². The zero-order chi connectivity index (χ0) is 12.5. The molecule has 0 amide bonds. The van der Waals surface area contributed by atoms with Crippen LogP contribution in [0.4, 0.5) is 0 Å². The van der Waals surface area contributed by atoms with Crippen molar-refractivity contribution < 1.29 is 0 Å². The molecule has 0 nitrogen and oxygen atoms in total. The minimum Gasteiger partial charge on any atom is -0.0887 e. The van der Waals surface area contributed by atoms with Crippen molar-refractivity contribution in [1.82, 2.24) is 0 Å². The Morgan fingerprint density at radius 1 is 1.18 bits per heavy atom. The van der Waals surface area contributed by atoms with Gasteiger partial charge in [0.2, 0.25) is 0 Å². The minimum atomic E-state index is 0.586. The molecule has 96 valence electrons. The Balaban J connectivity index is 2.18. The number of unbranched alkanes of at least 4 members (excludes halogenated alkanes) is 4. The molecule has 1 aromatic rings. The fourth-order valence-corrected chi connectivity index (χ4v) is 2.90. The Bertz CT molecular complexity index is 312. The van der Waals surface area contributed by atoms with E-state index < -0.39 is 0 Å². The lowest BCUT2D eigenvalue weighted by atomic mass is 10.0. The summed E-state index contributed by atoms with van der Waals surface area (Å²) in [6, 6.07) is 8.17. The average molecular weight is 318 g/mol. The van der Waals surface area contributed by atoms with Crippen LogP contribution in [0.5, 0.6) is 0 Å². The smallest absolute Gasteiger partial charge is 0.0408 e. The topological polar surface area (TPSA) is 0 Å². The maximum atomic E-state index is 5.97. The van der Waals surface area contributed by atoms with Crippen LogP contribution in [0.3, 0.4) is 0 Å². The molecule has 1 atom stereocenters. The summed E-state index contributed by atoms with van der Waals surface area (Å²) >= 11 is 9.74. The van der Waals surface area contributed by atoms with Crippen molar-refractivity contribution in [3.63, 3.8) is 0 Å². The quantitative estimate of drug-likeness (QED) is 0.407. The van der Waals surface area contributed by atoms with Gasteiger partial charge in [-0.05, 0) is 30.5 Å². The SMILES string of the molecule is CCCCCCCC(Br)Cc1cccc(Cl)c1. The van der Waals surface area contributed by atoms with E-state index in [0.717, 1.165) is 11.4 Å². The number of benzene rings is 1. The average Bonchev–Trinajstić information content (AvgIpc) is 2.29. The molecule has 0 aliphatic rings. The molecule has 0 saturated heterocycles. The molecule has 0 aromatic heterocycles. The van der Waals surface area contributed by atoms with Crippen molar-refractivity contribution in [3.8, 4) is 0 Å². The van der Waals surface area contributed by atoms with Crippen LogP contribution in [-0.4, -0.2) is 4.83 Å². The number of hydrogen-bond donors (Lipinski definition) is 0. The van der Waals surface area contributed by atoms with Crippen LogP contribution in [0.15, 0.2) is 24.3 Å². The molecular formula is C15H22BrCl. The Morgan fingerprint density at radius 2 is 1.94 bits per heavy atom. The summed E-state index contributed by atoms with van der Waals surface area (Å²) < 4.78 is 0. The summed E-state index contributed by atoms with van der Waals surface area (Å²) in [6.45, 7) is 2.26. The van der Waals surface area contributed by atoms with E-state index in [-0.39, 0.29) is 0 Å². The van der Waals surface area contributed by atoms with Crippen molar-refractivity contribution in [2.75, 3.05) is 0 Å². The van der Waals surface area contributed by atoms with Gasteiger partial charge in [0, 0.05) is 9.85 Å². The van der Waals surface area contributed by atoms with E-state index in [1.807, 2.05) is 12.1 Å². The predicted octanol–water partition coefficient (Wildman–Crippen LogP) is 6.01. The first kappa shape index (κ1) is 15.0. The second-order valence-electron chi connectivity index (χ2n) is 4.63. The van der Waals surface area contributed by atoms with Crippen molar-refractivity contribution in [2.45, 2.75) is 56.7 Å². The molecule has 0 bridgehead atoms. The molecule has 0 heterocycles. The van der Waals surface area contributed by atoms with Gasteiger partial charge < -0.3 is 0 Å². The van der Waals surface area contributed by atoms with Crippen LogP contribution in [-0.2, 0) is 6.42 Å². The highest BCUT2D eigenvalue weighted by atomic mass is 79.9. The lowest BCUT2D eigenvalue weighted by Crippen LogP contribution is -2.02. The van der Waals surface area contributed by atoms with E-state index in [0.29, 0.717) is 4.83 Å². The molecule has 17 heavy (non-hydrogen) atoms. The van der Waals surface area contributed by atoms with Crippen molar-refractivity contribution in [2.24, 2.45) is 0 Å². The first-order valence-electron chi connectivity index (χ1n) is 6.61. The van der Waals surface area contributed by atoms with Crippen LogP contribution in [0.2, 0.25) is 5.02 Å². The highest BCUT2D eigenvalue weighted by molar-refractivity contribution is 9.09. The van der Waals surface area contributed by atoms with Crippen molar-refractivity contribution >= 4 is 27.5 Å². The van der Waals surface area contributed by atoms with E-state index in [1.54, 1.807) is 0 Å². The molecule has 0 aliphatic heterocycles. The molecule has 0 aliphatic carbocycles. The summed E-state index contributed by atoms with van der Waals surface area (Å²) in [4.78, 5) is 0.586. The van der Waals surface area contributed by atoms with Crippen LogP contribution in [0.25, 0.3) is 0 Å². The third kappa shape index (κ3) is 7.10. The normalized spacial score (nSPS) is 12.6. The Labute approximate surface area is 119 Å². The molecular weight excluding hydrogens is 296 g/mol. The third-order valence-corrected chi connectivity index (χ3v) is 3.98. The Morgan fingerprint density at radius 3 is 2.65 bits per heavy atom. The van der Waals surface area contributed by atoms with Gasteiger partial charge in [0.05, 0.1) is 0 Å². The number of halogens is 2. The van der Waals surface area contributed by atoms with Gasteiger partial charge in [-0.1, -0.05) is 78.7 Å². The van der Waals surface area contributed by atoms with Gasteiger partial charge in [0.25, 0.3) is 0 Å². The third-order valence-electron chi connectivity index (χ3n) is 2.97. The monoisotopic (exact) mass is 316 g/mol. The molecule has 0 saturated carbocycles. The summed E-state index contributed by atoms with van der Waals surface area (Å²) in [5, 5.41) is 0.838. The minimum absolute atomic E-state index is 0.586. The van der Waals surface area contributed by atoms with Crippen LogP contribution >= 0.6 is 27.5 Å². The zero-order valence-electron chi connectivity index (χ0n) is 10.6. The lowest BCUT2D eigenvalue weighted by Gasteiger charge is -2.09. The van der Waals surface area contributed by atoms with E-state index in [2.05, 4.69) is 35.0 Å². The molecule has 0 N–H and O–H groups in total. The lowest BCUT2D eigenvalue weighted by molar-refractivity contribution is 0.598. The molecule has 0 spiro atoms. The maximum absolute atomic E-state index is 5.97. The van der Waals surface area contributed by atoms with E-state index >= 15 is 0 Å². The van der Waals surface area contributed by atoms with Gasteiger partial charge in [-0.3, -0.25) is 0 Å². The Hall–Kier alpha value is -0.0100. The van der Waals surface area contributed by atoms with Crippen LogP contribution in [0.1, 0.15) is 51.0 Å². The van der Waals surface area contributed by atoms with E-state index in [4.69, 9.17) is 11.6 Å². The predicted molar refractivity (Wildman–Crippen MR) is 81.2 cm³/mol. The van der Waals surface area contributed by atoms with E-state index in [1.165, 1.54) is 44.1 Å². The summed E-state index contributed by atoms with van der Waals surface area (Å²) in [6.07, 6.45) is 9.11. The number of rotatable bonds is 8. The van der Waals surface area contributed by atoms with Gasteiger partial charge >= 0.3 is 0 Å². The fraction of sp³-hybridized carbons (Fsp3) is 0.600. The fourth-order valence-electron chi connectivity index (χ4n) is 1.99. The second kappa shape index (κ2) is 8.99. The first-order chi connectivity index (χ1) is 8.22. The zero-order valence-corrected chi connectivity index (χ0v) is 12.9. The van der Waals surface area contributed by atoms with Gasteiger partial charge in [0.15, 0.2) is 0 Å². The maximum Gasteiger partial charge on any atom is 0.0408 e. The van der Waals surface area contributed by atoms with Crippen molar-refractivity contribution in [1.29, 1.82) is 0 Å². The summed E-state index contributed by atoms with van der Waals surface area (Å²) in [5.74, 6) is 0. The number of hydrogen-bond acceptors (Lipinski definition) is 0. The molecule has 0 fully saturated rings. The first-order valence-corrected chi connectivity index (χ1v) is 7.90. The highest BCUT2D eigenvalue weighted by Gasteiger charge is 2.05. The largest absolute Gasteiger partial charge is 0.0887 e. The van der Waals surface area contributed by atoms with Gasteiger partial charge in [-0.15, -0.1) is 0 Å². The summed E-state index contributed by atoms with van der Waals surface area (Å²) in [5.41, 5.74) is 1.33. The molecule has 1 unspecified atom stereocenters. The van der Waals surface area contributed by atoms with E-state index in [9.17, 15) is 0 Å². The van der Waals surface area contributed by atoms with Crippen LogP contribution < -0.4 is 0 Å². The van der Waals surface area contributed by atoms with Gasteiger partial charge in [0.1, 0.15) is 0 Å². The molecule has 2 heteroatoms. The second-order valence-corrected chi connectivity index (χ2v) is 6.37. The summed E-state index contributed by atoms with van der Waals surface area (Å²) in [7, 11) is 0. The Kier molecular flexibility index (Phi) is 7.96. The van der Waals surface area contributed by atoms with Crippen LogP contribution in [0, 0.1) is 0 Å². The molecule has 1 aromatic carbocycles.